The van der Waals surface area contributed by atoms with Crippen LogP contribution < -0.4 is 16.4 Å². The quantitative estimate of drug-likeness (QED) is 0.789. The third-order valence-electron chi connectivity index (χ3n) is 2.35. The number of carbonyl (C=O) groups is 2. The summed E-state index contributed by atoms with van der Waals surface area (Å²) in [6.07, 6.45) is 0. The van der Waals surface area contributed by atoms with Gasteiger partial charge in [0.1, 0.15) is 5.82 Å². The van der Waals surface area contributed by atoms with E-state index in [0.717, 1.165) is 0 Å². The maximum atomic E-state index is 13.5. The first-order valence-electron chi connectivity index (χ1n) is 5.52. The third-order valence-corrected chi connectivity index (χ3v) is 2.35. The fraction of sp³-hybridized carbons (Fsp3) is 0.333. The standard InChI is InChI=1S/C12H16FN3O2.ClH/c1-7(6-14)12(18)16-11-5-9(15-8(2)17)3-4-10(11)13;/h3-5,7H,6,14H2,1-2H3,(H,15,17)(H,16,18);1H. The number of carbonyl (C=O) groups excluding carboxylic acids is 2. The molecule has 0 saturated heterocycles. The lowest BCUT2D eigenvalue weighted by Gasteiger charge is -2.12. The number of hydrogen-bond acceptors (Lipinski definition) is 3. The fourth-order valence-corrected chi connectivity index (χ4v) is 1.27. The Kier molecular flexibility index (Phi) is 7.03. The Hall–Kier alpha value is -1.66. The normalized spacial score (nSPS) is 11.2. The second-order valence-corrected chi connectivity index (χ2v) is 4.00. The first-order chi connectivity index (χ1) is 8.43. The largest absolute Gasteiger partial charge is 0.330 e. The molecule has 1 atom stereocenters. The van der Waals surface area contributed by atoms with Crippen LogP contribution in [0.25, 0.3) is 0 Å². The van der Waals surface area contributed by atoms with Crippen LogP contribution in [0.2, 0.25) is 0 Å². The van der Waals surface area contributed by atoms with E-state index in [1.807, 2.05) is 0 Å². The maximum Gasteiger partial charge on any atom is 0.228 e. The van der Waals surface area contributed by atoms with E-state index in [1.165, 1.54) is 25.1 Å². The molecule has 1 rings (SSSR count). The Balaban J connectivity index is 0.00000324. The highest BCUT2D eigenvalue weighted by molar-refractivity contribution is 5.94. The highest BCUT2D eigenvalue weighted by Gasteiger charge is 2.13. The molecular weight excluding hydrogens is 273 g/mol. The molecule has 7 heteroatoms. The van der Waals surface area contributed by atoms with Gasteiger partial charge in [-0.3, -0.25) is 9.59 Å². The van der Waals surface area contributed by atoms with Crippen molar-refractivity contribution in [1.29, 1.82) is 0 Å². The van der Waals surface area contributed by atoms with E-state index < -0.39 is 11.7 Å². The zero-order chi connectivity index (χ0) is 13.7. The van der Waals surface area contributed by atoms with Crippen LogP contribution in [0.4, 0.5) is 15.8 Å². The minimum absolute atomic E-state index is 0. The van der Waals surface area contributed by atoms with Gasteiger partial charge in [0.05, 0.1) is 5.69 Å². The second-order valence-electron chi connectivity index (χ2n) is 4.00. The zero-order valence-corrected chi connectivity index (χ0v) is 11.5. The highest BCUT2D eigenvalue weighted by atomic mass is 35.5. The van der Waals surface area contributed by atoms with Crippen molar-refractivity contribution in [2.45, 2.75) is 13.8 Å². The minimum atomic E-state index is -0.568. The van der Waals surface area contributed by atoms with Crippen molar-refractivity contribution in [2.24, 2.45) is 11.7 Å². The summed E-state index contributed by atoms with van der Waals surface area (Å²) < 4.78 is 13.5. The van der Waals surface area contributed by atoms with Crippen LogP contribution in [0.15, 0.2) is 18.2 Å². The number of hydrogen-bond donors (Lipinski definition) is 3. The summed E-state index contributed by atoms with van der Waals surface area (Å²) in [4.78, 5) is 22.5. The van der Waals surface area contributed by atoms with Crippen LogP contribution in [0.3, 0.4) is 0 Å². The molecule has 0 aliphatic carbocycles. The molecule has 1 aromatic rings. The molecule has 4 N–H and O–H groups in total. The molecular formula is C12H17ClFN3O2. The average Bonchev–Trinajstić information content (AvgIpc) is 2.31. The van der Waals surface area contributed by atoms with E-state index in [9.17, 15) is 14.0 Å². The molecule has 1 aromatic carbocycles. The predicted molar refractivity (Wildman–Crippen MR) is 74.8 cm³/mol. The molecule has 0 heterocycles. The molecule has 0 spiro atoms. The molecule has 0 bridgehead atoms. The van der Waals surface area contributed by atoms with Crippen molar-refractivity contribution in [3.8, 4) is 0 Å². The third kappa shape index (κ3) is 5.23. The number of anilines is 2. The molecule has 0 aromatic heterocycles. The summed E-state index contributed by atoms with van der Waals surface area (Å²) in [5.41, 5.74) is 5.79. The second kappa shape index (κ2) is 7.70. The lowest BCUT2D eigenvalue weighted by Crippen LogP contribution is -2.27. The van der Waals surface area contributed by atoms with E-state index >= 15 is 0 Å². The molecule has 0 radical (unpaired) electrons. The van der Waals surface area contributed by atoms with E-state index in [2.05, 4.69) is 10.6 Å². The summed E-state index contributed by atoms with van der Waals surface area (Å²) in [6, 6.07) is 3.95. The van der Waals surface area contributed by atoms with Crippen LogP contribution in [-0.2, 0) is 9.59 Å². The van der Waals surface area contributed by atoms with E-state index in [1.54, 1.807) is 6.92 Å². The molecule has 106 valence electrons. The molecule has 1 unspecified atom stereocenters. The van der Waals surface area contributed by atoms with Gasteiger partial charge >= 0.3 is 0 Å². The molecule has 19 heavy (non-hydrogen) atoms. The summed E-state index contributed by atoms with van der Waals surface area (Å²) in [5.74, 6) is -1.61. The average molecular weight is 290 g/mol. The lowest BCUT2D eigenvalue weighted by molar-refractivity contribution is -0.119. The minimum Gasteiger partial charge on any atom is -0.330 e. The summed E-state index contributed by atoms with van der Waals surface area (Å²) in [5, 5.41) is 4.94. The van der Waals surface area contributed by atoms with E-state index in [4.69, 9.17) is 5.73 Å². The van der Waals surface area contributed by atoms with Gasteiger partial charge in [-0.05, 0) is 18.2 Å². The van der Waals surface area contributed by atoms with Gasteiger partial charge in [0.2, 0.25) is 11.8 Å². The predicted octanol–water partition coefficient (Wildman–Crippen LogP) is 1.74. The van der Waals surface area contributed by atoms with E-state index in [-0.39, 0.29) is 36.5 Å². The van der Waals surface area contributed by atoms with Gasteiger partial charge in [-0.15, -0.1) is 12.4 Å². The maximum absolute atomic E-state index is 13.5. The van der Waals surface area contributed by atoms with Gasteiger partial charge in [-0.25, -0.2) is 4.39 Å². The summed E-state index contributed by atoms with van der Waals surface area (Å²) in [7, 11) is 0. The molecule has 2 amide bonds. The van der Waals surface area contributed by atoms with Gasteiger partial charge in [0, 0.05) is 25.1 Å². The van der Waals surface area contributed by atoms with Gasteiger partial charge in [-0.2, -0.15) is 0 Å². The van der Waals surface area contributed by atoms with Crippen LogP contribution >= 0.6 is 12.4 Å². The number of halogens is 2. The number of benzene rings is 1. The Bertz CT molecular complexity index is 468. The monoisotopic (exact) mass is 289 g/mol. The fourth-order valence-electron chi connectivity index (χ4n) is 1.27. The van der Waals surface area contributed by atoms with Crippen molar-refractivity contribution >= 4 is 35.6 Å². The van der Waals surface area contributed by atoms with Crippen LogP contribution in [0, 0.1) is 11.7 Å². The Morgan fingerprint density at radius 1 is 1.37 bits per heavy atom. The van der Waals surface area contributed by atoms with Crippen molar-refractivity contribution in [3.05, 3.63) is 24.0 Å². The number of rotatable bonds is 4. The van der Waals surface area contributed by atoms with Gasteiger partial charge < -0.3 is 16.4 Å². The lowest BCUT2D eigenvalue weighted by atomic mass is 10.1. The first-order valence-corrected chi connectivity index (χ1v) is 5.52. The molecule has 0 saturated carbocycles. The van der Waals surface area contributed by atoms with Crippen molar-refractivity contribution in [1.82, 2.24) is 0 Å². The van der Waals surface area contributed by atoms with Crippen LogP contribution in [0.1, 0.15) is 13.8 Å². The van der Waals surface area contributed by atoms with Crippen molar-refractivity contribution < 1.29 is 14.0 Å². The summed E-state index contributed by atoms with van der Waals surface area (Å²) in [6.45, 7) is 3.17. The van der Waals surface area contributed by atoms with E-state index in [0.29, 0.717) is 5.69 Å². The smallest absolute Gasteiger partial charge is 0.228 e. The Morgan fingerprint density at radius 2 is 2.00 bits per heavy atom. The SMILES string of the molecule is CC(=O)Nc1ccc(F)c(NC(=O)C(C)CN)c1.Cl. The van der Waals surface area contributed by atoms with Gasteiger partial charge in [0.25, 0.3) is 0 Å². The molecule has 0 aliphatic heterocycles. The molecule has 0 fully saturated rings. The topological polar surface area (TPSA) is 84.2 Å². The van der Waals surface area contributed by atoms with Gasteiger partial charge in [-0.1, -0.05) is 6.92 Å². The van der Waals surface area contributed by atoms with Crippen molar-refractivity contribution in [2.75, 3.05) is 17.2 Å². The Morgan fingerprint density at radius 3 is 2.53 bits per heavy atom. The highest BCUT2D eigenvalue weighted by Crippen LogP contribution is 2.20. The Labute approximate surface area is 117 Å². The van der Waals surface area contributed by atoms with Crippen LogP contribution in [-0.4, -0.2) is 18.4 Å². The zero-order valence-electron chi connectivity index (χ0n) is 10.7. The summed E-state index contributed by atoms with van der Waals surface area (Å²) >= 11 is 0. The van der Waals surface area contributed by atoms with Gasteiger partial charge in [0.15, 0.2) is 0 Å². The van der Waals surface area contributed by atoms with Crippen molar-refractivity contribution in [3.63, 3.8) is 0 Å². The number of nitrogens with one attached hydrogen (secondary N) is 2. The molecule has 0 aliphatic rings. The van der Waals surface area contributed by atoms with Crippen LogP contribution in [0.5, 0.6) is 0 Å². The number of nitrogens with two attached hydrogens (primary N) is 1. The first kappa shape index (κ1) is 17.3. The number of amides is 2. The molecule has 5 nitrogen and oxygen atoms in total.